The van der Waals surface area contributed by atoms with E-state index in [0.29, 0.717) is 5.92 Å². The minimum atomic E-state index is 0.476. The molecule has 0 saturated heterocycles. The Hall–Kier alpha value is -0.790. The highest BCUT2D eigenvalue weighted by molar-refractivity contribution is 5.08. The Morgan fingerprint density at radius 3 is 2.44 bits per heavy atom. The van der Waals surface area contributed by atoms with Crippen molar-refractivity contribution in [1.29, 1.82) is 0 Å². The number of oxazole rings is 1. The van der Waals surface area contributed by atoms with Gasteiger partial charge >= 0.3 is 0 Å². The van der Waals surface area contributed by atoms with Gasteiger partial charge in [0.05, 0.1) is 5.69 Å². The van der Waals surface area contributed by atoms with Gasteiger partial charge in [0, 0.05) is 0 Å². The first-order valence-corrected chi connectivity index (χ1v) is 3.12. The third-order valence-corrected chi connectivity index (χ3v) is 1.33. The summed E-state index contributed by atoms with van der Waals surface area (Å²) in [5, 5.41) is 0. The van der Waals surface area contributed by atoms with E-state index in [2.05, 4.69) is 18.8 Å². The predicted octanol–water partition coefficient (Wildman–Crippen LogP) is 2.11. The molecule has 0 aliphatic rings. The maximum absolute atomic E-state index is 5.01. The van der Waals surface area contributed by atoms with Crippen LogP contribution in [0.25, 0.3) is 0 Å². The minimum Gasteiger partial charge on any atom is -0.449 e. The summed E-state index contributed by atoms with van der Waals surface area (Å²) in [5.74, 6) is 1.41. The normalized spacial score (nSPS) is 10.7. The molecule has 0 unspecified atom stereocenters. The predicted molar refractivity (Wildman–Crippen MR) is 35.3 cm³/mol. The van der Waals surface area contributed by atoms with Crippen molar-refractivity contribution in [3.63, 3.8) is 0 Å². The summed E-state index contributed by atoms with van der Waals surface area (Å²) in [5.41, 5.74) is 1.06. The van der Waals surface area contributed by atoms with Crippen molar-refractivity contribution in [2.24, 2.45) is 0 Å². The average molecular weight is 125 g/mol. The van der Waals surface area contributed by atoms with E-state index in [9.17, 15) is 0 Å². The highest BCUT2D eigenvalue weighted by Gasteiger charge is 2.05. The summed E-state index contributed by atoms with van der Waals surface area (Å²) in [6.45, 7) is 6.14. The maximum atomic E-state index is 5.01. The lowest BCUT2D eigenvalue weighted by Gasteiger charge is -1.97. The second-order valence-corrected chi connectivity index (χ2v) is 2.45. The van der Waals surface area contributed by atoms with E-state index in [1.807, 2.05) is 6.92 Å². The van der Waals surface area contributed by atoms with E-state index < -0.39 is 0 Å². The molecule has 9 heavy (non-hydrogen) atoms. The summed E-state index contributed by atoms with van der Waals surface area (Å²) in [7, 11) is 0. The molecule has 0 radical (unpaired) electrons. The first-order valence-electron chi connectivity index (χ1n) is 3.12. The highest BCUT2D eigenvalue weighted by Crippen LogP contribution is 2.15. The van der Waals surface area contributed by atoms with E-state index in [1.54, 1.807) is 0 Å². The van der Waals surface area contributed by atoms with Gasteiger partial charge in [-0.3, -0.25) is 0 Å². The lowest BCUT2D eigenvalue weighted by atomic mass is 10.1. The van der Waals surface area contributed by atoms with Crippen LogP contribution in [0.5, 0.6) is 0 Å². The zero-order chi connectivity index (χ0) is 6.85. The van der Waals surface area contributed by atoms with Gasteiger partial charge in [0.2, 0.25) is 0 Å². The van der Waals surface area contributed by atoms with Crippen LogP contribution in [-0.4, -0.2) is 4.98 Å². The maximum Gasteiger partial charge on any atom is 0.181 e. The number of nitrogens with zero attached hydrogens (tertiary/aromatic N) is 1. The topological polar surface area (TPSA) is 26.0 Å². The van der Waals surface area contributed by atoms with Crippen LogP contribution in [0.4, 0.5) is 0 Å². The van der Waals surface area contributed by atoms with E-state index in [1.165, 1.54) is 6.39 Å². The fourth-order valence-corrected chi connectivity index (χ4v) is 0.869. The fourth-order valence-electron chi connectivity index (χ4n) is 0.869. The molecule has 0 saturated carbocycles. The zero-order valence-electron chi connectivity index (χ0n) is 6.01. The molecule has 0 aliphatic carbocycles. The van der Waals surface area contributed by atoms with Crippen molar-refractivity contribution >= 4 is 0 Å². The molecule has 2 heteroatoms. The molecule has 0 N–H and O–H groups in total. The van der Waals surface area contributed by atoms with Crippen LogP contribution in [0, 0.1) is 6.92 Å². The van der Waals surface area contributed by atoms with Gasteiger partial charge in [-0.1, -0.05) is 13.8 Å². The minimum absolute atomic E-state index is 0.476. The number of aryl methyl sites for hydroxylation is 1. The van der Waals surface area contributed by atoms with Crippen molar-refractivity contribution in [2.45, 2.75) is 26.7 Å². The third kappa shape index (κ3) is 1.12. The molecule has 1 heterocycles. The van der Waals surface area contributed by atoms with Crippen LogP contribution in [0.3, 0.4) is 0 Å². The SMILES string of the molecule is Cc1ocnc1C(C)C. The van der Waals surface area contributed by atoms with Crippen molar-refractivity contribution in [2.75, 3.05) is 0 Å². The Labute approximate surface area is 54.9 Å². The second-order valence-electron chi connectivity index (χ2n) is 2.45. The lowest BCUT2D eigenvalue weighted by molar-refractivity contribution is 0.523. The Bertz CT molecular complexity index is 191. The van der Waals surface area contributed by atoms with Crippen molar-refractivity contribution in [3.8, 4) is 0 Å². The van der Waals surface area contributed by atoms with Gasteiger partial charge in [-0.25, -0.2) is 4.98 Å². The lowest BCUT2D eigenvalue weighted by Crippen LogP contribution is -1.88. The first kappa shape index (κ1) is 6.33. The Kier molecular flexibility index (Phi) is 1.56. The van der Waals surface area contributed by atoms with Crippen LogP contribution >= 0.6 is 0 Å². The number of hydrogen-bond donors (Lipinski definition) is 0. The van der Waals surface area contributed by atoms with Gasteiger partial charge in [-0.05, 0) is 12.8 Å². The molecule has 1 aromatic heterocycles. The van der Waals surface area contributed by atoms with Gasteiger partial charge in [0.1, 0.15) is 5.76 Å². The second kappa shape index (κ2) is 2.21. The smallest absolute Gasteiger partial charge is 0.181 e. The largest absolute Gasteiger partial charge is 0.449 e. The molecule has 50 valence electrons. The molecule has 0 aliphatic heterocycles. The van der Waals surface area contributed by atoms with Crippen molar-refractivity contribution in [1.82, 2.24) is 4.98 Å². The number of aromatic nitrogens is 1. The van der Waals surface area contributed by atoms with E-state index in [0.717, 1.165) is 11.5 Å². The first-order chi connectivity index (χ1) is 4.22. The Morgan fingerprint density at radius 2 is 2.22 bits per heavy atom. The van der Waals surface area contributed by atoms with Gasteiger partial charge in [-0.2, -0.15) is 0 Å². The fraction of sp³-hybridized carbons (Fsp3) is 0.571. The van der Waals surface area contributed by atoms with Crippen LogP contribution in [0.2, 0.25) is 0 Å². The van der Waals surface area contributed by atoms with Crippen molar-refractivity contribution in [3.05, 3.63) is 17.8 Å². The molecular formula is C7H11NO. The molecule has 1 rings (SSSR count). The Morgan fingerprint density at radius 1 is 1.56 bits per heavy atom. The van der Waals surface area contributed by atoms with Crippen LogP contribution in [0.1, 0.15) is 31.2 Å². The third-order valence-electron chi connectivity index (χ3n) is 1.33. The molecule has 1 aromatic rings. The summed E-state index contributed by atoms with van der Waals surface area (Å²) in [4.78, 5) is 4.05. The standard InChI is InChI=1S/C7H11NO/c1-5(2)7-6(3)9-4-8-7/h4-5H,1-3H3. The quantitative estimate of drug-likeness (QED) is 0.574. The van der Waals surface area contributed by atoms with Crippen LogP contribution in [-0.2, 0) is 0 Å². The number of hydrogen-bond acceptors (Lipinski definition) is 2. The zero-order valence-corrected chi connectivity index (χ0v) is 6.01. The van der Waals surface area contributed by atoms with E-state index in [4.69, 9.17) is 4.42 Å². The van der Waals surface area contributed by atoms with Crippen molar-refractivity contribution < 1.29 is 4.42 Å². The van der Waals surface area contributed by atoms with Gasteiger partial charge in [0.25, 0.3) is 0 Å². The molecule has 0 bridgehead atoms. The molecule has 0 amide bonds. The molecule has 0 atom stereocenters. The molecular weight excluding hydrogens is 114 g/mol. The Balaban J connectivity index is 2.94. The summed E-state index contributed by atoms with van der Waals surface area (Å²) >= 11 is 0. The average Bonchev–Trinajstić information content (AvgIpc) is 2.13. The van der Waals surface area contributed by atoms with Gasteiger partial charge < -0.3 is 4.42 Å². The summed E-state index contributed by atoms with van der Waals surface area (Å²) < 4.78 is 5.01. The van der Waals surface area contributed by atoms with E-state index >= 15 is 0 Å². The highest BCUT2D eigenvalue weighted by atomic mass is 16.3. The molecule has 0 spiro atoms. The molecule has 0 fully saturated rings. The molecule has 0 aromatic carbocycles. The van der Waals surface area contributed by atoms with Gasteiger partial charge in [-0.15, -0.1) is 0 Å². The summed E-state index contributed by atoms with van der Waals surface area (Å²) in [6.07, 6.45) is 1.49. The van der Waals surface area contributed by atoms with Crippen LogP contribution < -0.4 is 0 Å². The molecule has 2 nitrogen and oxygen atoms in total. The monoisotopic (exact) mass is 125 g/mol. The van der Waals surface area contributed by atoms with Crippen LogP contribution in [0.15, 0.2) is 10.8 Å². The van der Waals surface area contributed by atoms with Gasteiger partial charge in [0.15, 0.2) is 6.39 Å². The number of rotatable bonds is 1. The summed E-state index contributed by atoms with van der Waals surface area (Å²) in [6, 6.07) is 0. The van der Waals surface area contributed by atoms with E-state index in [-0.39, 0.29) is 0 Å².